The quantitative estimate of drug-likeness (QED) is 0.809. The fraction of sp³-hybridized carbons (Fsp3) is 0.933. The number of hydrogen-bond donors (Lipinski definition) is 1. The molecule has 102 valence electrons. The summed E-state index contributed by atoms with van der Waals surface area (Å²) in [5, 5.41) is 3.43. The fourth-order valence-corrected chi connectivity index (χ4v) is 2.99. The molecule has 0 aromatic carbocycles. The Kier molecular flexibility index (Phi) is 3.60. The van der Waals surface area contributed by atoms with Crippen LogP contribution in [0, 0.1) is 17.8 Å². The zero-order chi connectivity index (χ0) is 12.5. The molecule has 0 aromatic heterocycles. The van der Waals surface area contributed by atoms with Gasteiger partial charge in [0.05, 0.1) is 6.04 Å². The molecule has 1 saturated heterocycles. The molecular weight excluding hydrogens is 224 g/mol. The lowest BCUT2D eigenvalue weighted by Crippen LogP contribution is -2.51. The Bertz CT molecular complexity index is 296. The maximum absolute atomic E-state index is 12.6. The van der Waals surface area contributed by atoms with Crippen molar-refractivity contribution in [3.05, 3.63) is 0 Å². The second-order valence-corrected chi connectivity index (χ2v) is 6.77. The highest BCUT2D eigenvalue weighted by Crippen LogP contribution is 2.34. The predicted molar refractivity (Wildman–Crippen MR) is 72.2 cm³/mol. The van der Waals surface area contributed by atoms with Crippen LogP contribution in [0.15, 0.2) is 0 Å². The van der Waals surface area contributed by atoms with Gasteiger partial charge in [-0.1, -0.05) is 6.92 Å². The lowest BCUT2D eigenvalue weighted by atomic mass is 9.93. The van der Waals surface area contributed by atoms with Gasteiger partial charge < -0.3 is 10.2 Å². The Morgan fingerprint density at radius 1 is 1.11 bits per heavy atom. The maximum atomic E-state index is 12.6. The van der Waals surface area contributed by atoms with Crippen LogP contribution < -0.4 is 5.32 Å². The summed E-state index contributed by atoms with van der Waals surface area (Å²) in [5.74, 6) is 2.71. The van der Waals surface area contributed by atoms with Crippen molar-refractivity contribution in [2.45, 2.75) is 51.5 Å². The Hall–Kier alpha value is -0.570. The van der Waals surface area contributed by atoms with Crippen molar-refractivity contribution < 1.29 is 4.79 Å². The Morgan fingerprint density at radius 2 is 1.72 bits per heavy atom. The summed E-state index contributed by atoms with van der Waals surface area (Å²) in [7, 11) is 0. The first-order valence-electron chi connectivity index (χ1n) is 7.74. The molecule has 0 spiro atoms. The van der Waals surface area contributed by atoms with E-state index in [9.17, 15) is 4.79 Å². The SMILES string of the molecule is CC1CCNC(C(=O)N(CC2CC2)CC2CC2)C1. The van der Waals surface area contributed by atoms with Gasteiger partial charge in [-0.05, 0) is 62.8 Å². The molecular formula is C15H26N2O. The van der Waals surface area contributed by atoms with E-state index in [0.717, 1.165) is 37.9 Å². The minimum absolute atomic E-state index is 0.103. The van der Waals surface area contributed by atoms with E-state index in [1.165, 1.54) is 32.1 Å². The number of hydrogen-bond acceptors (Lipinski definition) is 2. The van der Waals surface area contributed by atoms with E-state index in [4.69, 9.17) is 0 Å². The smallest absolute Gasteiger partial charge is 0.239 e. The van der Waals surface area contributed by atoms with E-state index in [0.29, 0.717) is 11.8 Å². The summed E-state index contributed by atoms with van der Waals surface area (Å²) >= 11 is 0. The Balaban J connectivity index is 1.57. The number of carbonyl (C=O) groups excluding carboxylic acids is 1. The van der Waals surface area contributed by atoms with Crippen LogP contribution in [0.3, 0.4) is 0 Å². The molecule has 2 aliphatic carbocycles. The molecule has 18 heavy (non-hydrogen) atoms. The highest BCUT2D eigenvalue weighted by molar-refractivity contribution is 5.82. The minimum atomic E-state index is 0.103. The molecule has 3 nitrogen and oxygen atoms in total. The first-order valence-corrected chi connectivity index (χ1v) is 7.74. The zero-order valence-corrected chi connectivity index (χ0v) is 11.5. The van der Waals surface area contributed by atoms with Gasteiger partial charge in [-0.3, -0.25) is 4.79 Å². The number of carbonyl (C=O) groups is 1. The maximum Gasteiger partial charge on any atom is 0.239 e. The molecule has 1 amide bonds. The van der Waals surface area contributed by atoms with Crippen LogP contribution >= 0.6 is 0 Å². The molecule has 1 aliphatic heterocycles. The molecule has 0 aromatic rings. The number of amides is 1. The van der Waals surface area contributed by atoms with Gasteiger partial charge in [-0.15, -0.1) is 0 Å². The predicted octanol–water partition coefficient (Wildman–Crippen LogP) is 2.02. The second-order valence-electron chi connectivity index (χ2n) is 6.77. The van der Waals surface area contributed by atoms with Crippen LogP contribution in [-0.2, 0) is 4.79 Å². The highest BCUT2D eigenvalue weighted by atomic mass is 16.2. The molecule has 0 radical (unpaired) electrons. The lowest BCUT2D eigenvalue weighted by Gasteiger charge is -2.32. The van der Waals surface area contributed by atoms with Gasteiger partial charge in [0, 0.05) is 13.1 Å². The molecule has 3 fully saturated rings. The molecule has 1 N–H and O–H groups in total. The fourth-order valence-electron chi connectivity index (χ4n) is 2.99. The van der Waals surface area contributed by atoms with Gasteiger partial charge in [0.25, 0.3) is 0 Å². The minimum Gasteiger partial charge on any atom is -0.341 e. The summed E-state index contributed by atoms with van der Waals surface area (Å²) in [6.07, 6.45) is 7.59. The zero-order valence-electron chi connectivity index (χ0n) is 11.5. The van der Waals surface area contributed by atoms with Crippen LogP contribution in [0.2, 0.25) is 0 Å². The summed E-state index contributed by atoms with van der Waals surface area (Å²) in [4.78, 5) is 14.8. The molecule has 2 atom stereocenters. The van der Waals surface area contributed by atoms with Gasteiger partial charge in [-0.25, -0.2) is 0 Å². The van der Waals surface area contributed by atoms with Crippen molar-refractivity contribution >= 4 is 5.91 Å². The first kappa shape index (κ1) is 12.5. The van der Waals surface area contributed by atoms with E-state index in [2.05, 4.69) is 17.1 Å². The molecule has 3 aliphatic rings. The molecule has 2 unspecified atom stereocenters. The number of nitrogens with zero attached hydrogens (tertiary/aromatic N) is 1. The molecule has 3 heteroatoms. The van der Waals surface area contributed by atoms with Crippen LogP contribution in [-0.4, -0.2) is 36.5 Å². The number of rotatable bonds is 5. The third-order valence-electron chi connectivity index (χ3n) is 4.63. The van der Waals surface area contributed by atoms with E-state index < -0.39 is 0 Å². The highest BCUT2D eigenvalue weighted by Gasteiger charge is 2.35. The normalized spacial score (nSPS) is 32.3. The van der Waals surface area contributed by atoms with Gasteiger partial charge in [0.2, 0.25) is 5.91 Å². The van der Waals surface area contributed by atoms with Crippen molar-refractivity contribution in [1.82, 2.24) is 10.2 Å². The van der Waals surface area contributed by atoms with Gasteiger partial charge >= 0.3 is 0 Å². The van der Waals surface area contributed by atoms with Crippen molar-refractivity contribution in [3.8, 4) is 0 Å². The van der Waals surface area contributed by atoms with Crippen LogP contribution in [0.25, 0.3) is 0 Å². The Morgan fingerprint density at radius 3 is 2.22 bits per heavy atom. The van der Waals surface area contributed by atoms with E-state index >= 15 is 0 Å². The molecule has 2 saturated carbocycles. The van der Waals surface area contributed by atoms with Crippen LogP contribution in [0.1, 0.15) is 45.4 Å². The van der Waals surface area contributed by atoms with E-state index in [-0.39, 0.29) is 6.04 Å². The first-order chi connectivity index (χ1) is 8.72. The third kappa shape index (κ3) is 3.25. The number of nitrogens with one attached hydrogen (secondary N) is 1. The van der Waals surface area contributed by atoms with Crippen molar-refractivity contribution in [2.24, 2.45) is 17.8 Å². The van der Waals surface area contributed by atoms with Crippen molar-refractivity contribution in [2.75, 3.05) is 19.6 Å². The summed E-state index contributed by atoms with van der Waals surface area (Å²) in [6, 6.07) is 0.103. The standard InChI is InChI=1S/C15H26N2O/c1-11-6-7-16-14(8-11)15(18)17(9-12-2-3-12)10-13-4-5-13/h11-14,16H,2-10H2,1H3. The van der Waals surface area contributed by atoms with Crippen LogP contribution in [0.4, 0.5) is 0 Å². The van der Waals surface area contributed by atoms with Crippen molar-refractivity contribution in [3.63, 3.8) is 0 Å². The van der Waals surface area contributed by atoms with Gasteiger partial charge in [0.1, 0.15) is 0 Å². The average molecular weight is 250 g/mol. The van der Waals surface area contributed by atoms with Crippen LogP contribution in [0.5, 0.6) is 0 Å². The summed E-state index contributed by atoms with van der Waals surface area (Å²) in [6.45, 7) is 5.34. The topological polar surface area (TPSA) is 32.3 Å². The monoisotopic (exact) mass is 250 g/mol. The average Bonchev–Trinajstić information content (AvgIpc) is 3.22. The van der Waals surface area contributed by atoms with E-state index in [1.54, 1.807) is 0 Å². The summed E-state index contributed by atoms with van der Waals surface area (Å²) < 4.78 is 0. The second kappa shape index (κ2) is 5.20. The van der Waals surface area contributed by atoms with Gasteiger partial charge in [0.15, 0.2) is 0 Å². The number of piperidine rings is 1. The lowest BCUT2D eigenvalue weighted by molar-refractivity contribution is -0.135. The summed E-state index contributed by atoms with van der Waals surface area (Å²) in [5.41, 5.74) is 0. The Labute approximate surface area is 110 Å². The molecule has 0 bridgehead atoms. The molecule has 1 heterocycles. The third-order valence-corrected chi connectivity index (χ3v) is 4.63. The van der Waals surface area contributed by atoms with E-state index in [1.807, 2.05) is 0 Å². The van der Waals surface area contributed by atoms with Gasteiger partial charge in [-0.2, -0.15) is 0 Å². The largest absolute Gasteiger partial charge is 0.341 e. The van der Waals surface area contributed by atoms with Crippen molar-refractivity contribution in [1.29, 1.82) is 0 Å². The molecule has 3 rings (SSSR count).